The van der Waals surface area contributed by atoms with E-state index >= 15 is 0 Å². The van der Waals surface area contributed by atoms with Gasteiger partial charge in [-0.05, 0) is 31.0 Å². The third kappa shape index (κ3) is 3.65. The summed E-state index contributed by atoms with van der Waals surface area (Å²) in [5, 5.41) is 7.61. The summed E-state index contributed by atoms with van der Waals surface area (Å²) in [5.74, 6) is 1.45. The van der Waals surface area contributed by atoms with Crippen molar-refractivity contribution >= 4 is 11.6 Å². The Hall–Kier alpha value is -3.28. The Labute approximate surface area is 157 Å². The Morgan fingerprint density at radius 3 is 2.30 bits per heavy atom. The normalized spacial score (nSPS) is 13.3. The summed E-state index contributed by atoms with van der Waals surface area (Å²) < 4.78 is 12.3. The quantitative estimate of drug-likeness (QED) is 0.718. The molecule has 0 saturated heterocycles. The number of carbonyl (C=O) groups is 1. The molecule has 0 radical (unpaired) electrons. The van der Waals surface area contributed by atoms with Crippen LogP contribution in [0.15, 0.2) is 54.6 Å². The fraction of sp³-hybridized carbons (Fsp3) is 0.238. The van der Waals surface area contributed by atoms with E-state index in [1.165, 1.54) is 0 Å². The van der Waals surface area contributed by atoms with E-state index in [2.05, 4.69) is 10.4 Å². The molecule has 0 spiro atoms. The summed E-state index contributed by atoms with van der Waals surface area (Å²) in [6.07, 6.45) is 2.25. The highest BCUT2D eigenvalue weighted by Crippen LogP contribution is 2.40. The van der Waals surface area contributed by atoms with Crippen LogP contribution in [0.4, 0.5) is 5.69 Å². The maximum Gasteiger partial charge on any atom is 0.274 e. The minimum absolute atomic E-state index is 0.228. The zero-order chi connectivity index (χ0) is 18.8. The molecule has 1 aromatic heterocycles. The molecule has 4 rings (SSSR count). The molecular formula is C21H21N3O3. The van der Waals surface area contributed by atoms with Gasteiger partial charge in [-0.15, -0.1) is 0 Å². The second kappa shape index (κ2) is 7.15. The van der Waals surface area contributed by atoms with Gasteiger partial charge in [0.1, 0.15) is 17.2 Å². The number of para-hydroxylation sites is 1. The second-order valence-corrected chi connectivity index (χ2v) is 6.53. The Bertz CT molecular complexity index is 940. The average molecular weight is 363 g/mol. The summed E-state index contributed by atoms with van der Waals surface area (Å²) >= 11 is 0. The van der Waals surface area contributed by atoms with Gasteiger partial charge in [0.15, 0.2) is 0 Å². The third-order valence-corrected chi connectivity index (χ3v) is 4.57. The Morgan fingerprint density at radius 2 is 1.70 bits per heavy atom. The lowest BCUT2D eigenvalue weighted by atomic mass is 10.2. The molecule has 6 heteroatoms. The van der Waals surface area contributed by atoms with Crippen molar-refractivity contribution in [1.29, 1.82) is 0 Å². The number of hydrogen-bond donors (Lipinski definition) is 1. The van der Waals surface area contributed by atoms with Crippen molar-refractivity contribution in [3.63, 3.8) is 0 Å². The molecule has 1 amide bonds. The van der Waals surface area contributed by atoms with Gasteiger partial charge in [0.05, 0.1) is 25.6 Å². The van der Waals surface area contributed by atoms with E-state index < -0.39 is 0 Å². The molecular weight excluding hydrogens is 342 g/mol. The van der Waals surface area contributed by atoms with E-state index in [-0.39, 0.29) is 5.91 Å². The first-order valence-corrected chi connectivity index (χ1v) is 8.87. The third-order valence-electron chi connectivity index (χ3n) is 4.57. The first-order chi connectivity index (χ1) is 13.2. The van der Waals surface area contributed by atoms with Gasteiger partial charge in [-0.2, -0.15) is 5.10 Å². The van der Waals surface area contributed by atoms with E-state index in [0.717, 1.165) is 24.2 Å². The minimum Gasteiger partial charge on any atom is -0.497 e. The van der Waals surface area contributed by atoms with Crippen molar-refractivity contribution in [2.45, 2.75) is 18.8 Å². The molecule has 27 heavy (non-hydrogen) atoms. The molecule has 1 aliphatic carbocycles. The van der Waals surface area contributed by atoms with Gasteiger partial charge in [0.25, 0.3) is 5.91 Å². The predicted octanol–water partition coefficient (Wildman–Crippen LogP) is 4.02. The molecule has 2 aromatic carbocycles. The monoisotopic (exact) mass is 363 g/mol. The van der Waals surface area contributed by atoms with Crippen LogP contribution in [0.1, 0.15) is 34.9 Å². The van der Waals surface area contributed by atoms with Gasteiger partial charge in [-0.25, -0.2) is 4.68 Å². The number of rotatable bonds is 6. The summed E-state index contributed by atoms with van der Waals surface area (Å²) in [4.78, 5) is 13.0. The molecule has 1 saturated carbocycles. The van der Waals surface area contributed by atoms with Crippen LogP contribution in [0.2, 0.25) is 0 Å². The first kappa shape index (κ1) is 17.1. The highest BCUT2D eigenvalue weighted by Gasteiger charge is 2.29. The van der Waals surface area contributed by atoms with E-state index in [4.69, 9.17) is 9.47 Å². The van der Waals surface area contributed by atoms with Crippen LogP contribution in [-0.4, -0.2) is 29.9 Å². The number of anilines is 1. The number of carbonyl (C=O) groups excluding carboxylic acids is 1. The predicted molar refractivity (Wildman–Crippen MR) is 103 cm³/mol. The number of methoxy groups -OCH3 is 2. The van der Waals surface area contributed by atoms with Crippen LogP contribution in [0.5, 0.6) is 11.5 Å². The molecule has 1 N–H and O–H groups in total. The van der Waals surface area contributed by atoms with Gasteiger partial charge in [-0.1, -0.05) is 18.2 Å². The maximum atomic E-state index is 13.0. The van der Waals surface area contributed by atoms with Crippen molar-refractivity contribution in [1.82, 2.24) is 9.78 Å². The largest absolute Gasteiger partial charge is 0.497 e. The van der Waals surface area contributed by atoms with Crippen molar-refractivity contribution in [3.8, 4) is 17.2 Å². The molecule has 1 aliphatic rings. The molecule has 6 nitrogen and oxygen atoms in total. The van der Waals surface area contributed by atoms with Gasteiger partial charge in [-0.3, -0.25) is 4.79 Å². The zero-order valence-electron chi connectivity index (χ0n) is 15.3. The molecule has 0 atom stereocenters. The lowest BCUT2D eigenvalue weighted by Crippen LogP contribution is -2.17. The van der Waals surface area contributed by atoms with Gasteiger partial charge < -0.3 is 14.8 Å². The van der Waals surface area contributed by atoms with Crippen molar-refractivity contribution in [2.75, 3.05) is 19.5 Å². The Kier molecular flexibility index (Phi) is 4.54. The van der Waals surface area contributed by atoms with E-state index in [1.807, 2.05) is 36.4 Å². The van der Waals surface area contributed by atoms with Gasteiger partial charge in [0, 0.05) is 29.8 Å². The minimum atomic E-state index is -0.228. The topological polar surface area (TPSA) is 65.4 Å². The second-order valence-electron chi connectivity index (χ2n) is 6.53. The smallest absolute Gasteiger partial charge is 0.274 e. The number of nitrogens with zero attached hydrogens (tertiary/aromatic N) is 2. The number of hydrogen-bond acceptors (Lipinski definition) is 4. The lowest BCUT2D eigenvalue weighted by molar-refractivity contribution is 0.101. The first-order valence-electron chi connectivity index (χ1n) is 8.87. The number of aromatic nitrogens is 2. The number of benzene rings is 2. The van der Waals surface area contributed by atoms with E-state index in [1.54, 1.807) is 37.1 Å². The Balaban J connectivity index is 1.67. The molecule has 0 aliphatic heterocycles. The number of amides is 1. The molecule has 1 heterocycles. The van der Waals surface area contributed by atoms with Crippen LogP contribution < -0.4 is 14.8 Å². The average Bonchev–Trinajstić information content (AvgIpc) is 3.46. The van der Waals surface area contributed by atoms with E-state index in [0.29, 0.717) is 28.8 Å². The van der Waals surface area contributed by atoms with Gasteiger partial charge >= 0.3 is 0 Å². The highest BCUT2D eigenvalue weighted by atomic mass is 16.5. The maximum absolute atomic E-state index is 13.0. The fourth-order valence-electron chi connectivity index (χ4n) is 2.98. The molecule has 138 valence electrons. The highest BCUT2D eigenvalue weighted by molar-refractivity contribution is 6.03. The van der Waals surface area contributed by atoms with Crippen molar-refractivity contribution in [3.05, 3.63) is 66.0 Å². The molecule has 1 fully saturated rings. The number of ether oxygens (including phenoxy) is 2. The van der Waals surface area contributed by atoms with Gasteiger partial charge in [0.2, 0.25) is 0 Å². The Morgan fingerprint density at radius 1 is 1.04 bits per heavy atom. The molecule has 0 unspecified atom stereocenters. The summed E-state index contributed by atoms with van der Waals surface area (Å²) in [6, 6.07) is 16.8. The van der Waals surface area contributed by atoms with Crippen LogP contribution in [0.25, 0.3) is 5.69 Å². The van der Waals surface area contributed by atoms with Crippen molar-refractivity contribution in [2.24, 2.45) is 0 Å². The summed E-state index contributed by atoms with van der Waals surface area (Å²) in [6.45, 7) is 0. The van der Waals surface area contributed by atoms with E-state index in [9.17, 15) is 4.79 Å². The van der Waals surface area contributed by atoms with Crippen LogP contribution in [-0.2, 0) is 0 Å². The summed E-state index contributed by atoms with van der Waals surface area (Å²) in [7, 11) is 3.15. The molecule has 3 aromatic rings. The fourth-order valence-corrected chi connectivity index (χ4v) is 2.98. The lowest BCUT2D eigenvalue weighted by Gasteiger charge is -2.11. The van der Waals surface area contributed by atoms with Crippen LogP contribution in [0.3, 0.4) is 0 Å². The summed E-state index contributed by atoms with van der Waals surface area (Å²) in [5.41, 5.74) is 2.93. The van der Waals surface area contributed by atoms with Crippen LogP contribution >= 0.6 is 0 Å². The number of nitrogens with one attached hydrogen (secondary N) is 1. The molecule has 0 bridgehead atoms. The SMILES string of the molecule is COc1cc(NC(=O)c2cc(C3CC3)nn2-c2ccccc2)cc(OC)c1. The zero-order valence-corrected chi connectivity index (χ0v) is 15.3. The standard InChI is InChI=1S/C21H21N3O3/c1-26-17-10-15(11-18(12-17)27-2)22-21(25)20-13-19(14-8-9-14)23-24(20)16-6-4-3-5-7-16/h3-7,10-14H,8-9H2,1-2H3,(H,22,25). The van der Waals surface area contributed by atoms with Crippen LogP contribution in [0, 0.1) is 0 Å². The van der Waals surface area contributed by atoms with Crippen molar-refractivity contribution < 1.29 is 14.3 Å².